The molecular weight excluding hydrogens is 280 g/mol. The Balaban J connectivity index is 1.66. The van der Waals surface area contributed by atoms with Crippen molar-refractivity contribution in [1.29, 1.82) is 0 Å². The summed E-state index contributed by atoms with van der Waals surface area (Å²) in [6.07, 6.45) is 5.13. The van der Waals surface area contributed by atoms with Gasteiger partial charge in [0.15, 0.2) is 0 Å². The molecule has 1 spiro atoms. The van der Waals surface area contributed by atoms with E-state index in [-0.39, 0.29) is 5.91 Å². The Hall–Kier alpha value is -1.53. The van der Waals surface area contributed by atoms with Crippen LogP contribution in [0.2, 0.25) is 0 Å². The van der Waals surface area contributed by atoms with E-state index in [4.69, 9.17) is 4.74 Å². The second-order valence-electron chi connectivity index (χ2n) is 6.60. The van der Waals surface area contributed by atoms with Crippen LogP contribution in [0.5, 0.6) is 0 Å². The molecule has 0 bridgehead atoms. The molecule has 1 aromatic rings. The molecule has 0 saturated carbocycles. The van der Waals surface area contributed by atoms with Crippen molar-refractivity contribution in [3.05, 3.63) is 24.3 Å². The van der Waals surface area contributed by atoms with Crippen LogP contribution in [0, 0.1) is 11.3 Å². The third-order valence-corrected chi connectivity index (χ3v) is 5.20. The summed E-state index contributed by atoms with van der Waals surface area (Å²) in [7, 11) is 3.95. The lowest BCUT2D eigenvalue weighted by molar-refractivity contribution is 0.0322. The summed E-state index contributed by atoms with van der Waals surface area (Å²) < 4.78 is 5.42. The zero-order valence-corrected chi connectivity index (χ0v) is 13.4. The highest BCUT2D eigenvalue weighted by atomic mass is 16.5. The van der Waals surface area contributed by atoms with E-state index in [1.807, 2.05) is 4.90 Å². The van der Waals surface area contributed by atoms with Gasteiger partial charge in [-0.3, -0.25) is 4.79 Å². The SMILES string of the molecule is COCC1CN(C)CC12CCN(C(=O)c1ccncn1)CC2. The molecule has 1 atom stereocenters. The number of carbonyl (C=O) groups excluding carboxylic acids is 1. The molecule has 0 aliphatic carbocycles. The Morgan fingerprint density at radius 2 is 2.23 bits per heavy atom. The van der Waals surface area contributed by atoms with Crippen LogP contribution in [-0.2, 0) is 4.74 Å². The summed E-state index contributed by atoms with van der Waals surface area (Å²) in [5.74, 6) is 0.589. The Labute approximate surface area is 131 Å². The minimum atomic E-state index is 0.0203. The predicted molar refractivity (Wildman–Crippen MR) is 82.5 cm³/mol. The van der Waals surface area contributed by atoms with Crippen molar-refractivity contribution < 1.29 is 9.53 Å². The van der Waals surface area contributed by atoms with E-state index in [0.717, 1.165) is 45.6 Å². The van der Waals surface area contributed by atoms with Crippen molar-refractivity contribution in [2.45, 2.75) is 12.8 Å². The fourth-order valence-corrected chi connectivity index (χ4v) is 4.03. The molecule has 2 aliphatic heterocycles. The predicted octanol–water partition coefficient (Wildman–Crippen LogP) is 0.907. The number of rotatable bonds is 3. The first-order valence-corrected chi connectivity index (χ1v) is 7.87. The minimum Gasteiger partial charge on any atom is -0.384 e. The van der Waals surface area contributed by atoms with E-state index in [1.165, 1.54) is 6.33 Å². The molecule has 22 heavy (non-hydrogen) atoms. The first kappa shape index (κ1) is 15.4. The van der Waals surface area contributed by atoms with E-state index >= 15 is 0 Å². The number of likely N-dealkylation sites (tertiary alicyclic amines) is 2. The average Bonchev–Trinajstić information content (AvgIpc) is 2.84. The van der Waals surface area contributed by atoms with Crippen LogP contribution in [0.15, 0.2) is 18.6 Å². The highest BCUT2D eigenvalue weighted by Gasteiger charge is 2.47. The molecule has 0 aromatic carbocycles. The van der Waals surface area contributed by atoms with E-state index in [0.29, 0.717) is 17.0 Å². The summed E-state index contributed by atoms with van der Waals surface area (Å²) in [6.45, 7) is 4.61. The van der Waals surface area contributed by atoms with Crippen LogP contribution >= 0.6 is 0 Å². The van der Waals surface area contributed by atoms with Gasteiger partial charge in [-0.15, -0.1) is 0 Å². The zero-order valence-electron chi connectivity index (χ0n) is 13.4. The number of hydrogen-bond donors (Lipinski definition) is 0. The summed E-state index contributed by atoms with van der Waals surface area (Å²) >= 11 is 0. The third-order valence-electron chi connectivity index (χ3n) is 5.20. The largest absolute Gasteiger partial charge is 0.384 e. The number of carbonyl (C=O) groups is 1. The molecule has 6 heteroatoms. The van der Waals surface area contributed by atoms with Gasteiger partial charge in [-0.2, -0.15) is 0 Å². The molecule has 1 unspecified atom stereocenters. The normalized spacial score (nSPS) is 24.8. The van der Waals surface area contributed by atoms with E-state index in [9.17, 15) is 4.79 Å². The summed E-state index contributed by atoms with van der Waals surface area (Å²) in [5.41, 5.74) is 0.788. The van der Waals surface area contributed by atoms with E-state index in [1.54, 1.807) is 19.4 Å². The maximum Gasteiger partial charge on any atom is 0.272 e. The quantitative estimate of drug-likeness (QED) is 0.830. The lowest BCUT2D eigenvalue weighted by Gasteiger charge is -2.42. The summed E-state index contributed by atoms with van der Waals surface area (Å²) in [6, 6.07) is 1.68. The average molecular weight is 304 g/mol. The van der Waals surface area contributed by atoms with Crippen molar-refractivity contribution in [3.63, 3.8) is 0 Å². The standard InChI is InChI=1S/C16H24N4O2/c1-19-9-13(10-22-2)16(11-19)4-7-20(8-5-16)15(21)14-3-6-17-12-18-14/h3,6,12-13H,4-5,7-11H2,1-2H3. The van der Waals surface area contributed by atoms with Crippen LogP contribution < -0.4 is 0 Å². The Bertz CT molecular complexity index is 514. The highest BCUT2D eigenvalue weighted by Crippen LogP contribution is 2.44. The van der Waals surface area contributed by atoms with Crippen molar-refractivity contribution >= 4 is 5.91 Å². The van der Waals surface area contributed by atoms with Crippen molar-refractivity contribution in [2.75, 3.05) is 46.9 Å². The van der Waals surface area contributed by atoms with Gasteiger partial charge in [-0.1, -0.05) is 0 Å². The number of ether oxygens (including phenoxy) is 1. The fraction of sp³-hybridized carbons (Fsp3) is 0.688. The number of amides is 1. The van der Waals surface area contributed by atoms with Crippen molar-refractivity contribution in [1.82, 2.24) is 19.8 Å². The molecule has 1 aromatic heterocycles. The van der Waals surface area contributed by atoms with Crippen LogP contribution in [-0.4, -0.2) is 72.6 Å². The van der Waals surface area contributed by atoms with Gasteiger partial charge in [0.2, 0.25) is 0 Å². The first-order chi connectivity index (χ1) is 10.6. The van der Waals surface area contributed by atoms with Gasteiger partial charge in [0.05, 0.1) is 6.61 Å². The lowest BCUT2D eigenvalue weighted by atomic mass is 9.71. The molecular formula is C16H24N4O2. The van der Waals surface area contributed by atoms with Gasteiger partial charge in [0, 0.05) is 45.4 Å². The highest BCUT2D eigenvalue weighted by molar-refractivity contribution is 5.92. The molecule has 0 radical (unpaired) electrons. The molecule has 2 fully saturated rings. The van der Waals surface area contributed by atoms with E-state index in [2.05, 4.69) is 21.9 Å². The molecule has 0 N–H and O–H groups in total. The summed E-state index contributed by atoms with van der Waals surface area (Å²) in [5, 5.41) is 0. The molecule has 1 amide bonds. The van der Waals surface area contributed by atoms with Gasteiger partial charge < -0.3 is 14.5 Å². The molecule has 120 valence electrons. The third kappa shape index (κ3) is 2.85. The molecule has 6 nitrogen and oxygen atoms in total. The van der Waals surface area contributed by atoms with Crippen LogP contribution in [0.1, 0.15) is 23.3 Å². The van der Waals surface area contributed by atoms with Crippen LogP contribution in [0.3, 0.4) is 0 Å². The number of aromatic nitrogens is 2. The molecule has 3 heterocycles. The van der Waals surface area contributed by atoms with Gasteiger partial charge in [0.25, 0.3) is 5.91 Å². The Morgan fingerprint density at radius 3 is 2.86 bits per heavy atom. The van der Waals surface area contributed by atoms with Gasteiger partial charge in [-0.05, 0) is 31.4 Å². The lowest BCUT2D eigenvalue weighted by Crippen LogP contribution is -2.47. The first-order valence-electron chi connectivity index (χ1n) is 7.87. The smallest absolute Gasteiger partial charge is 0.272 e. The monoisotopic (exact) mass is 304 g/mol. The van der Waals surface area contributed by atoms with Gasteiger partial charge in [-0.25, -0.2) is 9.97 Å². The Kier molecular flexibility index (Phi) is 4.40. The van der Waals surface area contributed by atoms with Crippen LogP contribution in [0.25, 0.3) is 0 Å². The fourth-order valence-electron chi connectivity index (χ4n) is 4.03. The van der Waals surface area contributed by atoms with E-state index < -0.39 is 0 Å². The second-order valence-corrected chi connectivity index (χ2v) is 6.60. The van der Waals surface area contributed by atoms with Crippen molar-refractivity contribution in [3.8, 4) is 0 Å². The maximum absolute atomic E-state index is 12.5. The topological polar surface area (TPSA) is 58.6 Å². The second kappa shape index (κ2) is 6.30. The number of hydrogen-bond acceptors (Lipinski definition) is 5. The Morgan fingerprint density at radius 1 is 1.45 bits per heavy atom. The zero-order chi connectivity index (χ0) is 15.6. The van der Waals surface area contributed by atoms with Crippen molar-refractivity contribution in [2.24, 2.45) is 11.3 Å². The molecule has 2 aliphatic rings. The van der Waals surface area contributed by atoms with Crippen LogP contribution in [0.4, 0.5) is 0 Å². The molecule has 2 saturated heterocycles. The number of methoxy groups -OCH3 is 1. The van der Waals surface area contributed by atoms with Gasteiger partial charge in [0.1, 0.15) is 12.0 Å². The maximum atomic E-state index is 12.5. The summed E-state index contributed by atoms with van der Waals surface area (Å²) in [4.78, 5) is 24.7. The minimum absolute atomic E-state index is 0.0203. The number of piperidine rings is 1. The molecule has 3 rings (SSSR count). The van der Waals surface area contributed by atoms with Gasteiger partial charge >= 0.3 is 0 Å². The number of nitrogens with zero attached hydrogens (tertiary/aromatic N) is 4.